The summed E-state index contributed by atoms with van der Waals surface area (Å²) in [5.41, 5.74) is 1.64. The lowest BCUT2D eigenvalue weighted by Crippen LogP contribution is -2.47. The fourth-order valence-corrected chi connectivity index (χ4v) is 2.76. The Morgan fingerprint density at radius 3 is 2.60 bits per heavy atom. The van der Waals surface area contributed by atoms with E-state index < -0.39 is 12.0 Å². The number of halogens is 1. The molecule has 1 atom stereocenters. The first kappa shape index (κ1) is 17.0. The van der Waals surface area contributed by atoms with Crippen LogP contribution in [0.25, 0.3) is 0 Å². The summed E-state index contributed by atoms with van der Waals surface area (Å²) in [6.45, 7) is 1.72. The maximum absolute atomic E-state index is 12.8. The van der Waals surface area contributed by atoms with Crippen LogP contribution in [0.15, 0.2) is 54.3 Å². The SMILES string of the molecule is CC1=C(C(=O)On2cc[n+](C)c2)C(c2ccc(Cl)cc2)NC(=O)N1C. The molecule has 2 heterocycles. The summed E-state index contributed by atoms with van der Waals surface area (Å²) in [5, 5.41) is 3.40. The molecule has 1 aromatic heterocycles. The van der Waals surface area contributed by atoms with Crippen molar-refractivity contribution in [3.63, 3.8) is 0 Å². The summed E-state index contributed by atoms with van der Waals surface area (Å²) < 4.78 is 3.07. The first-order valence-electron chi connectivity index (χ1n) is 7.63. The van der Waals surface area contributed by atoms with E-state index in [0.717, 1.165) is 5.56 Å². The number of allylic oxidation sites excluding steroid dienone is 1. The molecule has 1 unspecified atom stereocenters. The summed E-state index contributed by atoms with van der Waals surface area (Å²) in [6.07, 6.45) is 4.99. The lowest BCUT2D eigenvalue weighted by molar-refractivity contribution is -0.671. The van der Waals surface area contributed by atoms with Crippen molar-refractivity contribution in [1.29, 1.82) is 0 Å². The third-order valence-electron chi connectivity index (χ3n) is 4.11. The average molecular weight is 362 g/mol. The number of benzene rings is 1. The van der Waals surface area contributed by atoms with Gasteiger partial charge in [0, 0.05) is 17.8 Å². The number of hydrogen-bond donors (Lipinski definition) is 1. The van der Waals surface area contributed by atoms with Gasteiger partial charge in [-0.05, 0) is 29.4 Å². The van der Waals surface area contributed by atoms with Gasteiger partial charge >= 0.3 is 12.0 Å². The van der Waals surface area contributed by atoms with Gasteiger partial charge in [0.2, 0.25) is 0 Å². The maximum atomic E-state index is 12.8. The maximum Gasteiger partial charge on any atom is 0.388 e. The molecule has 1 aliphatic heterocycles. The van der Waals surface area contributed by atoms with Gasteiger partial charge in [0.1, 0.15) is 6.20 Å². The molecule has 1 aromatic carbocycles. The van der Waals surface area contributed by atoms with Crippen LogP contribution in [0.1, 0.15) is 18.5 Å². The summed E-state index contributed by atoms with van der Waals surface area (Å²) in [6, 6.07) is 6.07. The first-order valence-corrected chi connectivity index (χ1v) is 8.01. The van der Waals surface area contributed by atoms with E-state index in [4.69, 9.17) is 16.4 Å². The number of carbonyl (C=O) groups excluding carboxylic acids is 2. The zero-order valence-electron chi connectivity index (χ0n) is 14.1. The molecule has 1 aliphatic rings. The molecule has 0 aliphatic carbocycles. The second-order valence-electron chi connectivity index (χ2n) is 5.81. The molecule has 0 fully saturated rings. The van der Waals surface area contributed by atoms with Crippen LogP contribution in [0.5, 0.6) is 0 Å². The number of imidazole rings is 1. The zero-order valence-corrected chi connectivity index (χ0v) is 14.8. The van der Waals surface area contributed by atoms with E-state index >= 15 is 0 Å². The van der Waals surface area contributed by atoms with Crippen molar-refractivity contribution >= 4 is 23.6 Å². The fourth-order valence-electron chi connectivity index (χ4n) is 2.63. The number of rotatable bonds is 3. The fraction of sp³-hybridized carbons (Fsp3) is 0.235. The van der Waals surface area contributed by atoms with Gasteiger partial charge < -0.3 is 10.2 Å². The minimum absolute atomic E-state index is 0.290. The number of aromatic nitrogens is 2. The van der Waals surface area contributed by atoms with Crippen molar-refractivity contribution < 1.29 is 19.0 Å². The molecular weight excluding hydrogens is 344 g/mol. The molecule has 0 saturated heterocycles. The Balaban J connectivity index is 1.99. The Morgan fingerprint density at radius 1 is 1.32 bits per heavy atom. The van der Waals surface area contributed by atoms with E-state index in [-0.39, 0.29) is 6.03 Å². The van der Waals surface area contributed by atoms with Gasteiger partial charge in [0.15, 0.2) is 6.20 Å². The van der Waals surface area contributed by atoms with Crippen LogP contribution < -0.4 is 14.7 Å². The van der Waals surface area contributed by atoms with E-state index in [1.807, 2.05) is 7.05 Å². The number of aryl methyl sites for hydroxylation is 1. The lowest BCUT2D eigenvalue weighted by atomic mass is 9.95. The van der Waals surface area contributed by atoms with Crippen LogP contribution in [-0.2, 0) is 11.8 Å². The second-order valence-corrected chi connectivity index (χ2v) is 6.25. The van der Waals surface area contributed by atoms with E-state index in [1.165, 1.54) is 9.63 Å². The molecule has 1 N–H and O–H groups in total. The number of amides is 2. The number of urea groups is 1. The molecule has 8 heteroatoms. The van der Waals surface area contributed by atoms with E-state index in [9.17, 15) is 9.59 Å². The Bertz CT molecular complexity index is 857. The lowest BCUT2D eigenvalue weighted by Gasteiger charge is -2.32. The summed E-state index contributed by atoms with van der Waals surface area (Å²) in [7, 11) is 3.42. The van der Waals surface area contributed by atoms with E-state index in [0.29, 0.717) is 16.3 Å². The van der Waals surface area contributed by atoms with Crippen molar-refractivity contribution in [3.8, 4) is 0 Å². The highest BCUT2D eigenvalue weighted by atomic mass is 35.5. The van der Waals surface area contributed by atoms with E-state index in [2.05, 4.69) is 5.32 Å². The Kier molecular flexibility index (Phi) is 4.50. The van der Waals surface area contributed by atoms with Crippen LogP contribution in [0.3, 0.4) is 0 Å². The third kappa shape index (κ3) is 3.36. The number of hydrogen-bond acceptors (Lipinski definition) is 3. The number of carbonyl (C=O) groups is 2. The van der Waals surface area contributed by atoms with Crippen molar-refractivity contribution in [2.45, 2.75) is 13.0 Å². The molecule has 0 saturated carbocycles. The molecule has 7 nitrogen and oxygen atoms in total. The molecule has 130 valence electrons. The van der Waals surface area contributed by atoms with Gasteiger partial charge in [0.05, 0.1) is 18.7 Å². The largest absolute Gasteiger partial charge is 0.388 e. The van der Waals surface area contributed by atoms with Crippen LogP contribution in [-0.4, -0.2) is 28.7 Å². The molecule has 0 bridgehead atoms. The molecule has 2 aromatic rings. The molecular formula is C17H18ClN4O3+. The molecule has 0 spiro atoms. The van der Waals surface area contributed by atoms with Crippen molar-refractivity contribution in [2.24, 2.45) is 7.05 Å². The number of nitrogens with zero attached hydrogens (tertiary/aromatic N) is 3. The van der Waals surface area contributed by atoms with Gasteiger partial charge in [-0.2, -0.15) is 0 Å². The van der Waals surface area contributed by atoms with Gasteiger partial charge in [0.25, 0.3) is 6.33 Å². The summed E-state index contributed by atoms with van der Waals surface area (Å²) in [5.74, 6) is -0.541. The third-order valence-corrected chi connectivity index (χ3v) is 4.36. The highest BCUT2D eigenvalue weighted by molar-refractivity contribution is 6.30. The zero-order chi connectivity index (χ0) is 18.1. The van der Waals surface area contributed by atoms with Crippen molar-refractivity contribution in [3.05, 3.63) is 64.8 Å². The van der Waals surface area contributed by atoms with Crippen LogP contribution >= 0.6 is 11.6 Å². The molecule has 0 radical (unpaired) electrons. The molecule has 25 heavy (non-hydrogen) atoms. The molecule has 2 amide bonds. The molecule has 3 rings (SSSR count). The Morgan fingerprint density at radius 2 is 2.00 bits per heavy atom. The standard InChI is InChI=1S/C17H17ClN4O3/c1-11-14(16(23)25-22-9-8-20(2)10-22)15(19-17(24)21(11)3)12-4-6-13(18)7-5-12/h4-10,15H,1-3H3/p+1. The van der Waals surface area contributed by atoms with Gasteiger partial charge in [-0.3, -0.25) is 4.84 Å². The van der Waals surface area contributed by atoms with Gasteiger partial charge in [-0.25, -0.2) is 14.2 Å². The quantitative estimate of drug-likeness (QED) is 0.844. The Hall–Kier alpha value is -2.80. The summed E-state index contributed by atoms with van der Waals surface area (Å²) in [4.78, 5) is 31.7. The van der Waals surface area contributed by atoms with E-state index in [1.54, 1.807) is 61.5 Å². The van der Waals surface area contributed by atoms with Gasteiger partial charge in [-0.1, -0.05) is 23.7 Å². The number of nitrogens with one attached hydrogen (secondary N) is 1. The Labute approximate surface area is 150 Å². The predicted molar refractivity (Wildman–Crippen MR) is 90.4 cm³/mol. The second kappa shape index (κ2) is 6.60. The highest BCUT2D eigenvalue weighted by Gasteiger charge is 2.36. The monoisotopic (exact) mass is 361 g/mol. The topological polar surface area (TPSA) is 67.5 Å². The van der Waals surface area contributed by atoms with Gasteiger partial charge in [-0.15, -0.1) is 0 Å². The summed E-state index contributed by atoms with van der Waals surface area (Å²) >= 11 is 5.93. The van der Waals surface area contributed by atoms with Crippen molar-refractivity contribution in [1.82, 2.24) is 14.9 Å². The average Bonchev–Trinajstić information content (AvgIpc) is 2.97. The van der Waals surface area contributed by atoms with Crippen LogP contribution in [0.4, 0.5) is 4.79 Å². The predicted octanol–water partition coefficient (Wildman–Crippen LogP) is 1.59. The van der Waals surface area contributed by atoms with Crippen LogP contribution in [0, 0.1) is 0 Å². The smallest absolute Gasteiger partial charge is 0.326 e. The normalized spacial score (nSPS) is 17.5. The highest BCUT2D eigenvalue weighted by Crippen LogP contribution is 2.30. The minimum atomic E-state index is -0.613. The van der Waals surface area contributed by atoms with Crippen LogP contribution in [0.2, 0.25) is 5.02 Å². The van der Waals surface area contributed by atoms with Crippen molar-refractivity contribution in [2.75, 3.05) is 7.05 Å². The first-order chi connectivity index (χ1) is 11.9. The minimum Gasteiger partial charge on any atom is -0.326 e.